The standard InChI is InChI=1S/C28H54O4S/c1-3-5-7-9-11-13-15-17-19-21-27(29)31-23-25-33-26-24-32-28(30)22-20-18-16-14-12-10-8-6-4-2/h3-26H2,1-2H3. The highest BCUT2D eigenvalue weighted by Gasteiger charge is 2.04. The maximum Gasteiger partial charge on any atom is 0.305 e. The van der Waals surface area contributed by atoms with Crippen LogP contribution in [0, 0.1) is 0 Å². The first-order valence-electron chi connectivity index (χ1n) is 14.1. The SMILES string of the molecule is CCCCCCCCCCCC(=O)OCCSCCOC(=O)CCCCCCCCCCC. The smallest absolute Gasteiger partial charge is 0.305 e. The fourth-order valence-electron chi connectivity index (χ4n) is 3.84. The van der Waals surface area contributed by atoms with Gasteiger partial charge in [-0.05, 0) is 12.8 Å². The topological polar surface area (TPSA) is 52.6 Å². The molecule has 0 radical (unpaired) electrons. The Balaban J connectivity index is 3.26. The molecule has 0 rings (SSSR count). The second-order valence-electron chi connectivity index (χ2n) is 9.21. The van der Waals surface area contributed by atoms with E-state index in [4.69, 9.17) is 9.47 Å². The molecule has 33 heavy (non-hydrogen) atoms. The Kier molecular flexibility index (Phi) is 26.9. The molecule has 196 valence electrons. The average molecular weight is 487 g/mol. The van der Waals surface area contributed by atoms with Crippen LogP contribution in [0.15, 0.2) is 0 Å². The van der Waals surface area contributed by atoms with Gasteiger partial charge in [-0.2, -0.15) is 11.8 Å². The first-order valence-corrected chi connectivity index (χ1v) is 15.2. The minimum absolute atomic E-state index is 0.0778. The number of esters is 2. The van der Waals surface area contributed by atoms with Crippen LogP contribution in [0.1, 0.15) is 142 Å². The van der Waals surface area contributed by atoms with Crippen molar-refractivity contribution in [1.29, 1.82) is 0 Å². The minimum atomic E-state index is -0.0778. The molecular weight excluding hydrogens is 432 g/mol. The molecule has 0 atom stereocenters. The number of hydrogen-bond acceptors (Lipinski definition) is 5. The van der Waals surface area contributed by atoms with Gasteiger partial charge in [0.05, 0.1) is 0 Å². The molecule has 0 aromatic heterocycles. The summed E-state index contributed by atoms with van der Waals surface area (Å²) < 4.78 is 10.6. The molecule has 0 spiro atoms. The first-order chi connectivity index (χ1) is 16.2. The van der Waals surface area contributed by atoms with Gasteiger partial charge in [0.2, 0.25) is 0 Å². The van der Waals surface area contributed by atoms with Crippen LogP contribution in [0.25, 0.3) is 0 Å². The molecule has 4 nitrogen and oxygen atoms in total. The molecule has 0 amide bonds. The highest BCUT2D eigenvalue weighted by atomic mass is 32.2. The molecule has 0 N–H and O–H groups in total. The molecule has 0 saturated heterocycles. The van der Waals surface area contributed by atoms with Gasteiger partial charge in [-0.3, -0.25) is 9.59 Å². The molecule has 0 unspecified atom stereocenters. The second kappa shape index (κ2) is 27.5. The first kappa shape index (κ1) is 32.3. The summed E-state index contributed by atoms with van der Waals surface area (Å²) in [5, 5.41) is 0. The van der Waals surface area contributed by atoms with Crippen molar-refractivity contribution in [2.75, 3.05) is 24.7 Å². The van der Waals surface area contributed by atoms with Crippen LogP contribution in [-0.2, 0) is 19.1 Å². The van der Waals surface area contributed by atoms with Crippen molar-refractivity contribution in [2.24, 2.45) is 0 Å². The summed E-state index contributed by atoms with van der Waals surface area (Å²) in [6.07, 6.45) is 23.7. The second-order valence-corrected chi connectivity index (χ2v) is 10.4. The van der Waals surface area contributed by atoms with Crippen molar-refractivity contribution >= 4 is 23.7 Å². The lowest BCUT2D eigenvalue weighted by Gasteiger charge is -2.06. The number of hydrogen-bond donors (Lipinski definition) is 0. The van der Waals surface area contributed by atoms with E-state index in [0.29, 0.717) is 26.1 Å². The Hall–Kier alpha value is -0.710. The minimum Gasteiger partial charge on any atom is -0.465 e. The molecule has 5 heteroatoms. The van der Waals surface area contributed by atoms with E-state index >= 15 is 0 Å². The van der Waals surface area contributed by atoms with E-state index in [1.807, 2.05) is 0 Å². The number of ether oxygens (including phenoxy) is 2. The van der Waals surface area contributed by atoms with E-state index in [1.54, 1.807) is 11.8 Å². The van der Waals surface area contributed by atoms with Crippen LogP contribution in [-0.4, -0.2) is 36.7 Å². The predicted octanol–water partition coefficient (Wildman–Crippen LogP) is 8.65. The summed E-state index contributed by atoms with van der Waals surface area (Å²) >= 11 is 1.67. The number of rotatable bonds is 26. The lowest BCUT2D eigenvalue weighted by Crippen LogP contribution is -2.09. The quantitative estimate of drug-likeness (QED) is 0.0904. The normalized spacial score (nSPS) is 11.0. The highest BCUT2D eigenvalue weighted by molar-refractivity contribution is 7.99. The Bertz CT molecular complexity index is 390. The molecule has 0 fully saturated rings. The molecule has 0 aliphatic carbocycles. The lowest BCUT2D eigenvalue weighted by molar-refractivity contribution is -0.143. The molecule has 0 heterocycles. The van der Waals surface area contributed by atoms with Crippen molar-refractivity contribution in [3.63, 3.8) is 0 Å². The Morgan fingerprint density at radius 2 is 0.788 bits per heavy atom. The third kappa shape index (κ3) is 27.4. The number of thioether (sulfide) groups is 1. The van der Waals surface area contributed by atoms with Gasteiger partial charge in [-0.25, -0.2) is 0 Å². The zero-order chi connectivity index (χ0) is 24.2. The van der Waals surface area contributed by atoms with E-state index in [1.165, 1.54) is 89.9 Å². The van der Waals surface area contributed by atoms with Crippen LogP contribution in [0.4, 0.5) is 0 Å². The van der Waals surface area contributed by atoms with Gasteiger partial charge >= 0.3 is 11.9 Å². The molecule has 0 saturated carbocycles. The Labute approximate surface area is 209 Å². The predicted molar refractivity (Wildman–Crippen MR) is 143 cm³/mol. The molecule has 0 aromatic carbocycles. The lowest BCUT2D eigenvalue weighted by atomic mass is 10.1. The number of carbonyl (C=O) groups is 2. The molecular formula is C28H54O4S. The largest absolute Gasteiger partial charge is 0.465 e. The summed E-state index contributed by atoms with van der Waals surface area (Å²) in [6, 6.07) is 0. The number of unbranched alkanes of at least 4 members (excludes halogenated alkanes) is 16. The van der Waals surface area contributed by atoms with E-state index in [-0.39, 0.29) is 11.9 Å². The van der Waals surface area contributed by atoms with Gasteiger partial charge in [0.1, 0.15) is 13.2 Å². The number of carbonyl (C=O) groups excluding carboxylic acids is 2. The van der Waals surface area contributed by atoms with E-state index in [0.717, 1.165) is 37.2 Å². The van der Waals surface area contributed by atoms with Gasteiger partial charge in [-0.15, -0.1) is 0 Å². The van der Waals surface area contributed by atoms with Crippen LogP contribution in [0.5, 0.6) is 0 Å². The molecule has 0 aromatic rings. The summed E-state index contributed by atoms with van der Waals surface area (Å²) in [4.78, 5) is 23.5. The average Bonchev–Trinajstić information content (AvgIpc) is 2.81. The van der Waals surface area contributed by atoms with Crippen LogP contribution < -0.4 is 0 Å². The van der Waals surface area contributed by atoms with Gasteiger partial charge in [0.25, 0.3) is 0 Å². The van der Waals surface area contributed by atoms with E-state index in [9.17, 15) is 9.59 Å². The van der Waals surface area contributed by atoms with Gasteiger partial charge < -0.3 is 9.47 Å². The van der Waals surface area contributed by atoms with Crippen molar-refractivity contribution < 1.29 is 19.1 Å². The zero-order valence-electron chi connectivity index (χ0n) is 22.0. The van der Waals surface area contributed by atoms with Crippen molar-refractivity contribution in [2.45, 2.75) is 142 Å². The van der Waals surface area contributed by atoms with E-state index < -0.39 is 0 Å². The van der Waals surface area contributed by atoms with Crippen molar-refractivity contribution in [1.82, 2.24) is 0 Å². The fraction of sp³-hybridized carbons (Fsp3) is 0.929. The van der Waals surface area contributed by atoms with E-state index in [2.05, 4.69) is 13.8 Å². The van der Waals surface area contributed by atoms with Gasteiger partial charge in [-0.1, -0.05) is 117 Å². The van der Waals surface area contributed by atoms with Crippen LogP contribution in [0.2, 0.25) is 0 Å². The van der Waals surface area contributed by atoms with Gasteiger partial charge in [0.15, 0.2) is 0 Å². The third-order valence-electron chi connectivity index (χ3n) is 5.95. The van der Waals surface area contributed by atoms with Crippen LogP contribution >= 0.6 is 11.8 Å². The monoisotopic (exact) mass is 486 g/mol. The summed E-state index contributed by atoms with van der Waals surface area (Å²) in [6.45, 7) is 5.39. The van der Waals surface area contributed by atoms with Gasteiger partial charge in [0, 0.05) is 24.3 Å². The third-order valence-corrected chi connectivity index (χ3v) is 6.86. The Morgan fingerprint density at radius 1 is 0.485 bits per heavy atom. The molecule has 0 aliphatic rings. The van der Waals surface area contributed by atoms with Crippen molar-refractivity contribution in [3.05, 3.63) is 0 Å². The zero-order valence-corrected chi connectivity index (χ0v) is 22.8. The van der Waals surface area contributed by atoms with Crippen molar-refractivity contribution in [3.8, 4) is 0 Å². The maximum absolute atomic E-state index is 11.8. The Morgan fingerprint density at radius 3 is 1.12 bits per heavy atom. The summed E-state index contributed by atoms with van der Waals surface area (Å²) in [7, 11) is 0. The molecule has 0 bridgehead atoms. The summed E-state index contributed by atoms with van der Waals surface area (Å²) in [5.41, 5.74) is 0. The van der Waals surface area contributed by atoms with Crippen LogP contribution in [0.3, 0.4) is 0 Å². The fourth-order valence-corrected chi connectivity index (χ4v) is 4.44. The maximum atomic E-state index is 11.8. The summed E-state index contributed by atoms with van der Waals surface area (Å²) in [5.74, 6) is 1.37. The highest BCUT2D eigenvalue weighted by Crippen LogP contribution is 2.12. The molecule has 0 aliphatic heterocycles.